The number of morpholine rings is 1. The summed E-state index contributed by atoms with van der Waals surface area (Å²) in [6.45, 7) is 4.53. The Balaban J connectivity index is 1.70. The summed E-state index contributed by atoms with van der Waals surface area (Å²) < 4.78 is 12.8. The van der Waals surface area contributed by atoms with E-state index in [0.29, 0.717) is 35.9 Å². The summed E-state index contributed by atoms with van der Waals surface area (Å²) in [6, 6.07) is 1.32. The number of fused-ring (bicyclic) bond motifs is 1. The number of aryl methyl sites for hydroxylation is 2. The average molecular weight is 342 g/mol. The van der Waals surface area contributed by atoms with Crippen LogP contribution in [0.4, 0.5) is 0 Å². The van der Waals surface area contributed by atoms with Crippen molar-refractivity contribution in [1.82, 2.24) is 29.6 Å². The Morgan fingerprint density at radius 1 is 1.36 bits per heavy atom. The van der Waals surface area contributed by atoms with Crippen molar-refractivity contribution in [2.75, 3.05) is 13.2 Å². The van der Waals surface area contributed by atoms with Gasteiger partial charge >= 0.3 is 0 Å². The summed E-state index contributed by atoms with van der Waals surface area (Å²) in [7, 11) is 1.86. The maximum absolute atomic E-state index is 13.1. The van der Waals surface area contributed by atoms with E-state index < -0.39 is 6.04 Å². The Morgan fingerprint density at radius 2 is 2.20 bits per heavy atom. The molecule has 1 aliphatic heterocycles. The Labute approximate surface area is 143 Å². The number of pyridine rings is 1. The first kappa shape index (κ1) is 15.7. The number of hydrogen-bond donors (Lipinski definition) is 0. The summed E-state index contributed by atoms with van der Waals surface area (Å²) in [5, 5.41) is 3.83. The van der Waals surface area contributed by atoms with Gasteiger partial charge in [0.05, 0.1) is 24.6 Å². The minimum atomic E-state index is -0.429. The minimum absolute atomic E-state index is 0.156. The third-order valence-corrected chi connectivity index (χ3v) is 4.35. The zero-order valence-electron chi connectivity index (χ0n) is 14.2. The van der Waals surface area contributed by atoms with Crippen LogP contribution in [0, 0.1) is 6.92 Å². The largest absolute Gasteiger partial charge is 0.374 e. The highest BCUT2D eigenvalue weighted by Gasteiger charge is 2.38. The number of carbonyl (C=O) groups excluding carboxylic acids is 1. The van der Waals surface area contributed by atoms with Crippen LogP contribution in [0.15, 0.2) is 23.1 Å². The second-order valence-electron chi connectivity index (χ2n) is 6.12. The van der Waals surface area contributed by atoms with Gasteiger partial charge in [-0.3, -0.25) is 4.79 Å². The van der Waals surface area contributed by atoms with Crippen LogP contribution in [0.2, 0.25) is 0 Å². The number of aromatic nitrogens is 5. The topological polar surface area (TPSA) is 99.2 Å². The molecule has 0 unspecified atom stereocenters. The molecule has 3 aromatic rings. The highest BCUT2D eigenvalue weighted by molar-refractivity contribution is 5.96. The van der Waals surface area contributed by atoms with Crippen LogP contribution in [0.25, 0.3) is 11.2 Å². The van der Waals surface area contributed by atoms with Crippen LogP contribution in [0.5, 0.6) is 0 Å². The van der Waals surface area contributed by atoms with Gasteiger partial charge < -0.3 is 18.7 Å². The Kier molecular flexibility index (Phi) is 3.72. The summed E-state index contributed by atoms with van der Waals surface area (Å²) in [4.78, 5) is 27.7. The lowest BCUT2D eigenvalue weighted by Gasteiger charge is -2.37. The molecule has 1 aliphatic rings. The van der Waals surface area contributed by atoms with Crippen molar-refractivity contribution >= 4 is 17.1 Å². The normalized spacial score (nSPS) is 21.0. The van der Waals surface area contributed by atoms with Crippen molar-refractivity contribution in [3.05, 3.63) is 35.9 Å². The summed E-state index contributed by atoms with van der Waals surface area (Å²) in [5.41, 5.74) is 1.89. The lowest BCUT2D eigenvalue weighted by molar-refractivity contribution is -0.0600. The summed E-state index contributed by atoms with van der Waals surface area (Å²) >= 11 is 0. The van der Waals surface area contributed by atoms with E-state index in [4.69, 9.17) is 9.26 Å². The Bertz CT molecular complexity index is 933. The van der Waals surface area contributed by atoms with Crippen LogP contribution >= 0.6 is 0 Å². The molecule has 9 heteroatoms. The van der Waals surface area contributed by atoms with E-state index in [-0.39, 0.29) is 12.0 Å². The predicted molar refractivity (Wildman–Crippen MR) is 86.7 cm³/mol. The smallest absolute Gasteiger partial charge is 0.256 e. The highest BCUT2D eigenvalue weighted by Crippen LogP contribution is 2.30. The number of nitrogens with zero attached hydrogens (tertiary/aromatic N) is 6. The fraction of sp³-hybridized carbons (Fsp3) is 0.438. The molecule has 4 rings (SSSR count). The molecule has 0 spiro atoms. The molecule has 0 aliphatic carbocycles. The van der Waals surface area contributed by atoms with Crippen molar-refractivity contribution < 1.29 is 14.1 Å². The molecule has 0 radical (unpaired) electrons. The third kappa shape index (κ3) is 2.66. The summed E-state index contributed by atoms with van der Waals surface area (Å²) in [5.74, 6) is 0.748. The lowest BCUT2D eigenvalue weighted by Crippen LogP contribution is -2.47. The number of hydrogen-bond acceptors (Lipinski definition) is 7. The van der Waals surface area contributed by atoms with Crippen molar-refractivity contribution in [1.29, 1.82) is 0 Å². The van der Waals surface area contributed by atoms with Crippen LogP contribution in [0.3, 0.4) is 0 Å². The monoisotopic (exact) mass is 342 g/mol. The van der Waals surface area contributed by atoms with Gasteiger partial charge in [0.2, 0.25) is 0 Å². The number of amides is 1. The van der Waals surface area contributed by atoms with E-state index in [1.165, 1.54) is 0 Å². The molecule has 3 aromatic heterocycles. The van der Waals surface area contributed by atoms with E-state index in [1.807, 2.05) is 18.5 Å². The zero-order valence-corrected chi connectivity index (χ0v) is 14.2. The predicted octanol–water partition coefficient (Wildman–Crippen LogP) is 1.26. The molecule has 130 valence electrons. The number of ether oxygens (including phenoxy) is 1. The quantitative estimate of drug-likeness (QED) is 0.691. The van der Waals surface area contributed by atoms with Crippen LogP contribution in [-0.4, -0.2) is 54.7 Å². The first-order valence-electron chi connectivity index (χ1n) is 8.04. The molecule has 4 heterocycles. The SMILES string of the molecule is Cc1noc([C@@H]2[C@@H](C)OCCN2C(=O)c2cnc3c(c2)ncn3C)n1. The maximum Gasteiger partial charge on any atom is 0.256 e. The second kappa shape index (κ2) is 5.92. The van der Waals surface area contributed by atoms with Crippen molar-refractivity contribution in [3.8, 4) is 0 Å². The minimum Gasteiger partial charge on any atom is -0.374 e. The average Bonchev–Trinajstić information content (AvgIpc) is 3.20. The van der Waals surface area contributed by atoms with Gasteiger partial charge in [-0.05, 0) is 19.9 Å². The first-order chi connectivity index (χ1) is 12.0. The van der Waals surface area contributed by atoms with Crippen molar-refractivity contribution in [2.45, 2.75) is 26.0 Å². The van der Waals surface area contributed by atoms with Gasteiger partial charge in [-0.15, -0.1) is 0 Å². The van der Waals surface area contributed by atoms with Gasteiger partial charge in [0, 0.05) is 19.8 Å². The van der Waals surface area contributed by atoms with E-state index in [1.54, 1.807) is 30.4 Å². The second-order valence-corrected chi connectivity index (χ2v) is 6.12. The molecular formula is C16H18N6O3. The molecule has 1 saturated heterocycles. The van der Waals surface area contributed by atoms with Gasteiger partial charge in [-0.25, -0.2) is 9.97 Å². The molecule has 9 nitrogen and oxygen atoms in total. The van der Waals surface area contributed by atoms with E-state index >= 15 is 0 Å². The fourth-order valence-electron chi connectivity index (χ4n) is 3.11. The first-order valence-corrected chi connectivity index (χ1v) is 8.04. The Morgan fingerprint density at radius 3 is 2.96 bits per heavy atom. The molecule has 0 aromatic carbocycles. The van der Waals surface area contributed by atoms with Crippen molar-refractivity contribution in [2.24, 2.45) is 7.05 Å². The van der Waals surface area contributed by atoms with Gasteiger partial charge in [0.1, 0.15) is 11.6 Å². The molecule has 1 fully saturated rings. The fourth-order valence-corrected chi connectivity index (χ4v) is 3.11. The third-order valence-electron chi connectivity index (χ3n) is 4.35. The molecule has 0 bridgehead atoms. The van der Waals surface area contributed by atoms with Gasteiger partial charge in [-0.1, -0.05) is 5.16 Å². The standard InChI is InChI=1S/C16H18N6O3/c1-9-13(15-19-10(2)20-25-15)22(4-5-24-9)16(23)11-6-12-14(17-7-11)21(3)8-18-12/h6-9,13H,4-5H2,1-3H3/t9-,13+/m1/s1. The van der Waals surface area contributed by atoms with E-state index in [0.717, 1.165) is 5.65 Å². The molecule has 25 heavy (non-hydrogen) atoms. The number of imidazole rings is 1. The molecule has 2 atom stereocenters. The van der Waals surface area contributed by atoms with Crippen LogP contribution < -0.4 is 0 Å². The van der Waals surface area contributed by atoms with Gasteiger partial charge in [-0.2, -0.15) is 4.98 Å². The van der Waals surface area contributed by atoms with Crippen LogP contribution in [-0.2, 0) is 11.8 Å². The highest BCUT2D eigenvalue weighted by atomic mass is 16.5. The zero-order chi connectivity index (χ0) is 17.6. The van der Waals surface area contributed by atoms with E-state index in [9.17, 15) is 4.79 Å². The molecular weight excluding hydrogens is 324 g/mol. The van der Waals surface area contributed by atoms with E-state index in [2.05, 4.69) is 20.1 Å². The number of carbonyl (C=O) groups is 1. The van der Waals surface area contributed by atoms with Crippen LogP contribution in [0.1, 0.15) is 35.0 Å². The molecule has 0 saturated carbocycles. The van der Waals surface area contributed by atoms with Crippen molar-refractivity contribution in [3.63, 3.8) is 0 Å². The molecule has 1 amide bonds. The van der Waals surface area contributed by atoms with Gasteiger partial charge in [0.25, 0.3) is 11.8 Å². The number of rotatable bonds is 2. The maximum atomic E-state index is 13.1. The Hall–Kier alpha value is -2.81. The lowest BCUT2D eigenvalue weighted by atomic mass is 10.1. The molecule has 0 N–H and O–H groups in total. The summed E-state index contributed by atoms with van der Waals surface area (Å²) in [6.07, 6.45) is 3.00. The van der Waals surface area contributed by atoms with Gasteiger partial charge in [0.15, 0.2) is 11.5 Å².